The molecule has 2 saturated carbocycles. The first kappa shape index (κ1) is 26.4. The summed E-state index contributed by atoms with van der Waals surface area (Å²) in [6.45, 7) is 1.60. The standard InChI is InChI=1S/2C14H19N3O2/c2*1-16-12-6-13(18)17(7-9-2-3-9)8-10(12)4-5-11(15)14(16)19/h2*6,8-9,11H,2-5,7,15H2,1H3/t2*11-/m10/s1. The van der Waals surface area contributed by atoms with E-state index in [1.54, 1.807) is 35.4 Å². The van der Waals surface area contributed by atoms with Crippen molar-refractivity contribution in [3.05, 3.63) is 56.4 Å². The first-order chi connectivity index (χ1) is 18.1. The van der Waals surface area contributed by atoms with Gasteiger partial charge in [0.15, 0.2) is 0 Å². The van der Waals surface area contributed by atoms with E-state index in [0.29, 0.717) is 24.7 Å². The van der Waals surface area contributed by atoms with Crippen LogP contribution < -0.4 is 32.4 Å². The van der Waals surface area contributed by atoms with E-state index in [1.165, 1.54) is 35.5 Å². The number of aryl methyl sites for hydroxylation is 2. The molecule has 38 heavy (non-hydrogen) atoms. The Morgan fingerprint density at radius 1 is 0.658 bits per heavy atom. The summed E-state index contributed by atoms with van der Waals surface area (Å²) in [4.78, 5) is 51.2. The van der Waals surface area contributed by atoms with Crippen LogP contribution in [0.25, 0.3) is 0 Å². The minimum absolute atomic E-state index is 0.0271. The number of hydrogen-bond acceptors (Lipinski definition) is 6. The van der Waals surface area contributed by atoms with E-state index in [4.69, 9.17) is 11.5 Å². The van der Waals surface area contributed by atoms with Crippen molar-refractivity contribution < 1.29 is 9.59 Å². The summed E-state index contributed by atoms with van der Waals surface area (Å²) in [5.74, 6) is 1.09. The van der Waals surface area contributed by atoms with Crippen molar-refractivity contribution in [1.29, 1.82) is 0 Å². The molecule has 0 bridgehead atoms. The smallest absolute Gasteiger partial charge is 0.252 e. The van der Waals surface area contributed by atoms with Crippen LogP contribution in [0.15, 0.2) is 34.1 Å². The van der Waals surface area contributed by atoms with Crippen molar-refractivity contribution in [2.45, 2.75) is 76.5 Å². The number of pyridine rings is 2. The topological polar surface area (TPSA) is 137 Å². The van der Waals surface area contributed by atoms with Crippen LogP contribution in [-0.4, -0.2) is 47.1 Å². The fraction of sp³-hybridized carbons (Fsp3) is 0.571. The van der Waals surface area contributed by atoms with Gasteiger partial charge in [-0.2, -0.15) is 0 Å². The van der Waals surface area contributed by atoms with E-state index < -0.39 is 12.1 Å². The van der Waals surface area contributed by atoms with Gasteiger partial charge in [0.25, 0.3) is 11.1 Å². The molecule has 6 rings (SSSR count). The fourth-order valence-electron chi connectivity index (χ4n) is 5.28. The lowest BCUT2D eigenvalue weighted by Gasteiger charge is -2.19. The number of aromatic nitrogens is 2. The quantitative estimate of drug-likeness (QED) is 0.615. The molecule has 0 aromatic carbocycles. The number of carbonyl (C=O) groups is 2. The SMILES string of the molecule is CN1C(=O)[C@@H](N)CCc2cn(CC3CC3)c(=O)cc21.CN1C(=O)[C@H](N)CCc2cn(CC3CC3)c(=O)cc21. The van der Waals surface area contributed by atoms with Gasteiger partial charge >= 0.3 is 0 Å². The molecule has 4 heterocycles. The van der Waals surface area contributed by atoms with Crippen molar-refractivity contribution in [1.82, 2.24) is 9.13 Å². The number of carbonyl (C=O) groups excluding carboxylic acids is 2. The summed E-state index contributed by atoms with van der Waals surface area (Å²) in [6, 6.07) is 2.22. The summed E-state index contributed by atoms with van der Waals surface area (Å²) in [5, 5.41) is 0. The molecule has 4 N–H and O–H groups in total. The van der Waals surface area contributed by atoms with Crippen molar-refractivity contribution in [2.24, 2.45) is 23.3 Å². The minimum atomic E-state index is -0.468. The van der Waals surface area contributed by atoms with Crippen LogP contribution in [0.5, 0.6) is 0 Å². The van der Waals surface area contributed by atoms with E-state index >= 15 is 0 Å². The van der Waals surface area contributed by atoms with Crippen molar-refractivity contribution in [3.8, 4) is 0 Å². The van der Waals surface area contributed by atoms with Gasteiger partial charge in [-0.05, 0) is 74.3 Å². The summed E-state index contributed by atoms with van der Waals surface area (Å²) < 4.78 is 3.57. The van der Waals surface area contributed by atoms with Crippen LogP contribution in [0, 0.1) is 11.8 Å². The monoisotopic (exact) mass is 522 g/mol. The van der Waals surface area contributed by atoms with E-state index in [2.05, 4.69) is 0 Å². The van der Waals surface area contributed by atoms with E-state index in [9.17, 15) is 19.2 Å². The molecule has 2 aliphatic carbocycles. The molecule has 2 aromatic rings. The average molecular weight is 523 g/mol. The van der Waals surface area contributed by atoms with Gasteiger partial charge in [-0.25, -0.2) is 0 Å². The van der Waals surface area contributed by atoms with Gasteiger partial charge in [-0.15, -0.1) is 0 Å². The molecule has 2 aromatic heterocycles. The van der Waals surface area contributed by atoms with Crippen molar-refractivity contribution in [2.75, 3.05) is 23.9 Å². The summed E-state index contributed by atoms with van der Waals surface area (Å²) in [7, 11) is 3.38. The lowest BCUT2D eigenvalue weighted by molar-refractivity contribution is -0.120. The second-order valence-electron chi connectivity index (χ2n) is 11.3. The number of anilines is 2. The van der Waals surface area contributed by atoms with Crippen LogP contribution in [0.1, 0.15) is 49.7 Å². The molecule has 4 aliphatic rings. The largest absolute Gasteiger partial charge is 0.320 e. The van der Waals surface area contributed by atoms with Gasteiger partial charge in [-0.1, -0.05) is 0 Å². The van der Waals surface area contributed by atoms with Crippen LogP contribution in [0.2, 0.25) is 0 Å². The molecule has 2 atom stereocenters. The van der Waals surface area contributed by atoms with Gasteiger partial charge in [0.1, 0.15) is 0 Å². The minimum Gasteiger partial charge on any atom is -0.320 e. The molecule has 2 aliphatic heterocycles. The Morgan fingerprint density at radius 2 is 1.03 bits per heavy atom. The normalized spacial score (nSPS) is 23.2. The first-order valence-electron chi connectivity index (χ1n) is 13.7. The Morgan fingerprint density at radius 3 is 1.37 bits per heavy atom. The molecule has 204 valence electrons. The molecule has 0 saturated heterocycles. The molecule has 2 amide bonds. The van der Waals surface area contributed by atoms with Crippen LogP contribution in [-0.2, 0) is 35.5 Å². The fourth-order valence-corrected chi connectivity index (χ4v) is 5.28. The lowest BCUT2D eigenvalue weighted by atomic mass is 10.1. The van der Waals surface area contributed by atoms with Crippen LogP contribution in [0.3, 0.4) is 0 Å². The second-order valence-corrected chi connectivity index (χ2v) is 11.3. The van der Waals surface area contributed by atoms with E-state index in [0.717, 1.165) is 48.4 Å². The number of hydrogen-bond donors (Lipinski definition) is 2. The van der Waals surface area contributed by atoms with Gasteiger partial charge in [0, 0.05) is 51.7 Å². The Hall–Kier alpha value is -3.24. The van der Waals surface area contributed by atoms with Gasteiger partial charge < -0.3 is 30.4 Å². The van der Waals surface area contributed by atoms with E-state index in [-0.39, 0.29) is 22.9 Å². The summed E-state index contributed by atoms with van der Waals surface area (Å²) in [5.41, 5.74) is 15.1. The predicted octanol–water partition coefficient (Wildman–Crippen LogP) is 0.989. The highest BCUT2D eigenvalue weighted by Gasteiger charge is 2.29. The number of fused-ring (bicyclic) bond motifs is 2. The van der Waals surface area contributed by atoms with Gasteiger partial charge in [-0.3, -0.25) is 19.2 Å². The maximum atomic E-state index is 12.1. The Kier molecular flexibility index (Phi) is 7.28. The highest BCUT2D eigenvalue weighted by molar-refractivity contribution is 5.98. The highest BCUT2D eigenvalue weighted by Crippen LogP contribution is 2.32. The molecule has 10 nitrogen and oxygen atoms in total. The summed E-state index contributed by atoms with van der Waals surface area (Å²) in [6.07, 6.45) is 11.5. The predicted molar refractivity (Wildman–Crippen MR) is 146 cm³/mol. The number of nitrogens with two attached hydrogens (primary N) is 2. The van der Waals surface area contributed by atoms with E-state index in [1.807, 2.05) is 12.4 Å². The molecule has 0 unspecified atom stereocenters. The lowest BCUT2D eigenvalue weighted by Crippen LogP contribution is -2.41. The van der Waals surface area contributed by atoms with Gasteiger partial charge in [0.2, 0.25) is 11.8 Å². The van der Waals surface area contributed by atoms with Crippen molar-refractivity contribution in [3.63, 3.8) is 0 Å². The maximum absolute atomic E-state index is 12.1. The zero-order valence-electron chi connectivity index (χ0n) is 22.3. The molecular formula is C28H38N6O4. The molecule has 0 spiro atoms. The number of likely N-dealkylation sites (N-methyl/N-ethyl adjacent to an activating group) is 2. The van der Waals surface area contributed by atoms with Crippen LogP contribution in [0.4, 0.5) is 11.4 Å². The third-order valence-electron chi connectivity index (χ3n) is 8.14. The Bertz CT molecular complexity index is 1250. The third kappa shape index (κ3) is 5.61. The molecule has 10 heteroatoms. The molecule has 0 radical (unpaired) electrons. The second kappa shape index (κ2) is 10.5. The zero-order chi connectivity index (χ0) is 27.1. The maximum Gasteiger partial charge on any atom is 0.252 e. The Balaban J connectivity index is 0.000000155. The summed E-state index contributed by atoms with van der Waals surface area (Å²) >= 11 is 0. The number of rotatable bonds is 4. The average Bonchev–Trinajstić information content (AvgIpc) is 3.83. The van der Waals surface area contributed by atoms with Gasteiger partial charge in [0.05, 0.1) is 23.5 Å². The third-order valence-corrected chi connectivity index (χ3v) is 8.14. The highest BCUT2D eigenvalue weighted by atomic mass is 16.2. The first-order valence-corrected chi connectivity index (χ1v) is 13.7. The molecular weight excluding hydrogens is 484 g/mol. The Labute approximate surface area is 222 Å². The zero-order valence-corrected chi connectivity index (χ0v) is 22.3. The number of amides is 2. The molecule has 2 fully saturated rings. The van der Waals surface area contributed by atoms with Crippen LogP contribution >= 0.6 is 0 Å². The van der Waals surface area contributed by atoms with Crippen molar-refractivity contribution >= 4 is 23.2 Å². The number of nitrogens with zero attached hydrogens (tertiary/aromatic N) is 4.